The van der Waals surface area contributed by atoms with Crippen molar-refractivity contribution in [3.05, 3.63) is 41.5 Å². The van der Waals surface area contributed by atoms with E-state index in [0.29, 0.717) is 35.5 Å². The number of ether oxygens (including phenoxy) is 2. The molecule has 7 heteroatoms. The summed E-state index contributed by atoms with van der Waals surface area (Å²) in [6.45, 7) is 16.2. The molecule has 0 amide bonds. The number of hydrogen-bond acceptors (Lipinski definition) is 6. The fraction of sp³-hybridized carbons (Fsp3) is 0.700. The molecular weight excluding hydrogens is 592 g/mol. The van der Waals surface area contributed by atoms with Gasteiger partial charge < -0.3 is 24.8 Å². The maximum absolute atomic E-state index is 13.1. The van der Waals surface area contributed by atoms with Crippen LogP contribution in [0.5, 0.6) is 11.5 Å². The molecule has 0 radical (unpaired) electrons. The maximum atomic E-state index is 13.1. The van der Waals surface area contributed by atoms with Gasteiger partial charge in [0.15, 0.2) is 11.5 Å². The lowest BCUT2D eigenvalue weighted by Crippen LogP contribution is -2.67. The van der Waals surface area contributed by atoms with Crippen LogP contribution in [0.2, 0.25) is 0 Å². The van der Waals surface area contributed by atoms with Gasteiger partial charge in [-0.05, 0) is 121 Å². The van der Waals surface area contributed by atoms with Gasteiger partial charge in [0, 0.05) is 11.5 Å². The van der Waals surface area contributed by atoms with Crippen molar-refractivity contribution in [3.63, 3.8) is 0 Å². The summed E-state index contributed by atoms with van der Waals surface area (Å²) in [5, 5.41) is 32.6. The van der Waals surface area contributed by atoms with Crippen LogP contribution in [0.4, 0.5) is 0 Å². The van der Waals surface area contributed by atoms with Crippen LogP contribution in [0, 0.1) is 56.7 Å². The molecule has 1 aromatic carbocycles. The number of aliphatic carboxylic acids is 1. The molecule has 0 aromatic heterocycles. The van der Waals surface area contributed by atoms with Gasteiger partial charge in [0.2, 0.25) is 0 Å². The Labute approximate surface area is 280 Å². The first-order chi connectivity index (χ1) is 22.0. The summed E-state index contributed by atoms with van der Waals surface area (Å²) >= 11 is 0. The first-order valence-electron chi connectivity index (χ1n) is 17.8. The highest BCUT2D eigenvalue weighted by atomic mass is 16.6. The number of aliphatic hydroxyl groups excluding tert-OH is 1. The number of carbonyl (C=O) groups is 2. The molecule has 6 rings (SSSR count). The summed E-state index contributed by atoms with van der Waals surface area (Å²) in [4.78, 5) is 26.1. The highest BCUT2D eigenvalue weighted by Gasteiger charge is 2.70. The third kappa shape index (κ3) is 4.83. The summed E-state index contributed by atoms with van der Waals surface area (Å²) < 4.78 is 11.2. The van der Waals surface area contributed by atoms with Crippen LogP contribution < -0.4 is 4.74 Å². The van der Waals surface area contributed by atoms with E-state index in [1.807, 2.05) is 0 Å². The lowest BCUT2D eigenvalue weighted by Gasteiger charge is -2.71. The molecule has 4 saturated carbocycles. The molecule has 7 nitrogen and oxygen atoms in total. The summed E-state index contributed by atoms with van der Waals surface area (Å²) in [6, 6.07) is 4.92. The molecule has 1 aromatic rings. The van der Waals surface area contributed by atoms with E-state index in [1.165, 1.54) is 24.8 Å². The van der Waals surface area contributed by atoms with E-state index >= 15 is 0 Å². The zero-order valence-corrected chi connectivity index (χ0v) is 29.6. The zero-order chi connectivity index (χ0) is 34.3. The second-order valence-corrected chi connectivity index (χ2v) is 17.3. The first-order valence-corrected chi connectivity index (χ1v) is 17.8. The van der Waals surface area contributed by atoms with Crippen LogP contribution in [0.25, 0.3) is 6.08 Å². The van der Waals surface area contributed by atoms with E-state index in [2.05, 4.69) is 54.5 Å². The molecule has 5 aliphatic rings. The number of carbonyl (C=O) groups excluding carboxylic acids is 1. The summed E-state index contributed by atoms with van der Waals surface area (Å²) in [6.07, 6.45) is 10.8. The Morgan fingerprint density at radius 2 is 1.70 bits per heavy atom. The first kappa shape index (κ1) is 34.1. The van der Waals surface area contributed by atoms with E-state index in [4.69, 9.17) is 9.47 Å². The molecule has 0 aliphatic heterocycles. The molecule has 5 aliphatic carbocycles. The molecule has 3 N–H and O–H groups in total. The Morgan fingerprint density at radius 1 is 0.979 bits per heavy atom. The minimum atomic E-state index is -0.806. The molecule has 0 spiro atoms. The number of phenolic OH excluding ortho intramolecular Hbond substituents is 1. The monoisotopic (exact) mass is 648 g/mol. The number of benzene rings is 1. The number of esters is 1. The largest absolute Gasteiger partial charge is 0.504 e. The van der Waals surface area contributed by atoms with Crippen LogP contribution in [0.3, 0.4) is 0 Å². The number of allylic oxidation sites excluding steroid dienone is 2. The molecule has 2 unspecified atom stereocenters. The zero-order valence-electron chi connectivity index (χ0n) is 29.6. The van der Waals surface area contributed by atoms with Gasteiger partial charge in [-0.15, -0.1) is 0 Å². The van der Waals surface area contributed by atoms with Crippen molar-refractivity contribution in [1.82, 2.24) is 0 Å². The molecule has 4 fully saturated rings. The van der Waals surface area contributed by atoms with Crippen molar-refractivity contribution in [2.45, 2.75) is 112 Å². The minimum absolute atomic E-state index is 0.00813. The summed E-state index contributed by atoms with van der Waals surface area (Å²) in [5.41, 5.74) is 0.625. The fourth-order valence-electron chi connectivity index (χ4n) is 12.4. The third-order valence-corrected chi connectivity index (χ3v) is 15.2. The standard InChI is InChI=1S/C40H56O7/c1-23-15-18-40(35(44)45)20-19-38(6)26(33(40)24(23)2)11-13-31-37(5)22-28(42)34(36(3,4)30(37)16-17-39(31,38)7)47-32(43)14-10-25-9-12-29(46-8)27(41)21-25/h9-12,14,21,23-24,28,30-31,33-34,41-42H,13,15-20,22H2,1-8H3,(H,44,45)/t23-,24+,28?,30?,31-,33+,34+,37+,38-,39-,40+/m1/s1. The number of aliphatic hydroxyl groups is 1. The van der Waals surface area contributed by atoms with Crippen molar-refractivity contribution in [2.75, 3.05) is 7.11 Å². The van der Waals surface area contributed by atoms with Gasteiger partial charge in [-0.3, -0.25) is 4.79 Å². The Bertz CT molecular complexity index is 1490. The van der Waals surface area contributed by atoms with Crippen molar-refractivity contribution in [1.29, 1.82) is 0 Å². The van der Waals surface area contributed by atoms with Crippen LogP contribution in [0.1, 0.15) is 105 Å². The van der Waals surface area contributed by atoms with Crippen LogP contribution >= 0.6 is 0 Å². The van der Waals surface area contributed by atoms with Gasteiger partial charge in [0.05, 0.1) is 18.6 Å². The molecule has 0 heterocycles. The maximum Gasteiger partial charge on any atom is 0.331 e. The number of phenols is 1. The Morgan fingerprint density at radius 3 is 2.36 bits per heavy atom. The number of methoxy groups -OCH3 is 1. The molecule has 258 valence electrons. The normalized spacial score (nSPS) is 43.9. The topological polar surface area (TPSA) is 113 Å². The van der Waals surface area contributed by atoms with Gasteiger partial charge in [-0.25, -0.2) is 4.79 Å². The predicted molar refractivity (Wildman–Crippen MR) is 182 cm³/mol. The van der Waals surface area contributed by atoms with Gasteiger partial charge in [0.25, 0.3) is 0 Å². The lowest BCUT2D eigenvalue weighted by molar-refractivity contribution is -0.238. The number of aromatic hydroxyl groups is 1. The number of carboxylic acid groups (broad SMARTS) is 1. The highest BCUT2D eigenvalue weighted by molar-refractivity contribution is 5.87. The Hall–Kier alpha value is -2.80. The molecule has 0 bridgehead atoms. The van der Waals surface area contributed by atoms with E-state index < -0.39 is 35.0 Å². The average molecular weight is 649 g/mol. The summed E-state index contributed by atoms with van der Waals surface area (Å²) in [5.74, 6) is 0.687. The Kier molecular flexibility index (Phi) is 8.26. The van der Waals surface area contributed by atoms with Gasteiger partial charge >= 0.3 is 11.9 Å². The average Bonchev–Trinajstić information content (AvgIpc) is 3.00. The van der Waals surface area contributed by atoms with Crippen LogP contribution in [0.15, 0.2) is 35.9 Å². The van der Waals surface area contributed by atoms with Gasteiger partial charge in [-0.1, -0.05) is 66.2 Å². The van der Waals surface area contributed by atoms with Crippen molar-refractivity contribution >= 4 is 18.0 Å². The third-order valence-electron chi connectivity index (χ3n) is 15.2. The number of carboxylic acids is 1. The number of fused-ring (bicyclic) bond motifs is 7. The minimum Gasteiger partial charge on any atom is -0.504 e. The smallest absolute Gasteiger partial charge is 0.331 e. The Balaban J connectivity index is 1.27. The van der Waals surface area contributed by atoms with E-state index in [1.54, 1.807) is 18.2 Å². The lowest BCUT2D eigenvalue weighted by atomic mass is 9.33. The second-order valence-electron chi connectivity index (χ2n) is 17.3. The van der Waals surface area contributed by atoms with Crippen molar-refractivity contribution in [3.8, 4) is 11.5 Å². The van der Waals surface area contributed by atoms with E-state index in [-0.39, 0.29) is 33.8 Å². The molecule has 11 atom stereocenters. The number of rotatable bonds is 5. The SMILES string of the molecule is COc1ccc(C=CC(=O)O[C@H]2C(O)C[C@@]3(C)C(CC[C@]4(C)[C@@H]3CC=C3[C@@H]5[C@@H](C)[C@H](C)CC[C@]5(C(=O)O)CC[C@]34C)C2(C)C)cc1O. The van der Waals surface area contributed by atoms with Crippen molar-refractivity contribution in [2.24, 2.45) is 56.7 Å². The van der Waals surface area contributed by atoms with Gasteiger partial charge in [-0.2, -0.15) is 0 Å². The van der Waals surface area contributed by atoms with Gasteiger partial charge in [0.1, 0.15) is 6.10 Å². The quantitative estimate of drug-likeness (QED) is 0.168. The molecule has 47 heavy (non-hydrogen) atoms. The second kappa shape index (κ2) is 11.4. The van der Waals surface area contributed by atoms with E-state index in [0.717, 1.165) is 44.9 Å². The fourth-order valence-corrected chi connectivity index (χ4v) is 12.4. The highest BCUT2D eigenvalue weighted by Crippen LogP contribution is 2.75. The van der Waals surface area contributed by atoms with Crippen LogP contribution in [-0.4, -0.2) is 46.6 Å². The molecular formula is C40H56O7. The predicted octanol–water partition coefficient (Wildman–Crippen LogP) is 8.04. The van der Waals surface area contributed by atoms with E-state index in [9.17, 15) is 24.9 Å². The summed E-state index contributed by atoms with van der Waals surface area (Å²) in [7, 11) is 1.48. The number of hydrogen-bond donors (Lipinski definition) is 3. The van der Waals surface area contributed by atoms with Crippen LogP contribution in [-0.2, 0) is 14.3 Å². The molecule has 0 saturated heterocycles. The van der Waals surface area contributed by atoms with Crippen molar-refractivity contribution < 1.29 is 34.4 Å².